The van der Waals surface area contributed by atoms with Gasteiger partial charge in [-0.25, -0.2) is 0 Å². The molecule has 0 spiro atoms. The Bertz CT molecular complexity index is 534. The summed E-state index contributed by atoms with van der Waals surface area (Å²) in [6.07, 6.45) is 0.0913. The number of esters is 1. The molecule has 0 aliphatic rings. The number of nitrogens with zero attached hydrogens (tertiary/aromatic N) is 1. The van der Waals surface area contributed by atoms with Crippen LogP contribution in [-0.2, 0) is 20.7 Å². The number of benzene rings is 1. The SMILES string of the molecule is CCOC(=O)Cc1ccc(C#N)c(C(Cl)C(C)=O)c1. The lowest BCUT2D eigenvalue weighted by molar-refractivity contribution is -0.142. The van der Waals surface area contributed by atoms with Crippen molar-refractivity contribution in [3.8, 4) is 6.07 Å². The third-order valence-corrected chi connectivity index (χ3v) is 3.06. The summed E-state index contributed by atoms with van der Waals surface area (Å²) in [6, 6.07) is 6.80. The Hall–Kier alpha value is -1.86. The average Bonchev–Trinajstić information content (AvgIpc) is 2.37. The number of Topliss-reactive ketones (excluding diaryl/α,β-unsaturated/α-hetero) is 1. The molecule has 0 aromatic heterocycles. The number of hydrogen-bond donors (Lipinski definition) is 0. The third kappa shape index (κ3) is 4.08. The quantitative estimate of drug-likeness (QED) is 0.613. The average molecular weight is 280 g/mol. The molecule has 0 aliphatic carbocycles. The van der Waals surface area contributed by atoms with Crippen molar-refractivity contribution in [1.82, 2.24) is 0 Å². The number of rotatable bonds is 5. The van der Waals surface area contributed by atoms with Crippen molar-refractivity contribution < 1.29 is 14.3 Å². The summed E-state index contributed by atoms with van der Waals surface area (Å²) in [5, 5.41) is 8.12. The van der Waals surface area contributed by atoms with E-state index in [0.29, 0.717) is 23.3 Å². The van der Waals surface area contributed by atoms with E-state index >= 15 is 0 Å². The standard InChI is InChI=1S/C14H14ClNO3/c1-3-19-13(18)7-10-4-5-11(8-16)12(6-10)14(15)9(2)17/h4-6,14H,3,7H2,1-2H3. The third-order valence-electron chi connectivity index (χ3n) is 2.52. The molecule has 1 unspecified atom stereocenters. The number of ketones is 1. The smallest absolute Gasteiger partial charge is 0.310 e. The second kappa shape index (κ2) is 6.91. The van der Waals surface area contributed by atoms with Crippen LogP contribution in [0.2, 0.25) is 0 Å². The first-order valence-corrected chi connectivity index (χ1v) is 6.26. The van der Waals surface area contributed by atoms with Crippen molar-refractivity contribution >= 4 is 23.4 Å². The molecular formula is C14H14ClNO3. The van der Waals surface area contributed by atoms with Gasteiger partial charge in [0.15, 0.2) is 5.78 Å². The Morgan fingerprint density at radius 2 is 2.16 bits per heavy atom. The van der Waals surface area contributed by atoms with Crippen LogP contribution in [0.3, 0.4) is 0 Å². The summed E-state index contributed by atoms with van der Waals surface area (Å²) in [5.41, 5.74) is 1.43. The second-order valence-electron chi connectivity index (χ2n) is 3.99. The first kappa shape index (κ1) is 15.2. The summed E-state index contributed by atoms with van der Waals surface area (Å²) >= 11 is 5.98. The van der Waals surface area contributed by atoms with Gasteiger partial charge in [-0.1, -0.05) is 12.1 Å². The number of halogens is 1. The predicted molar refractivity (Wildman–Crippen MR) is 70.8 cm³/mol. The van der Waals surface area contributed by atoms with Gasteiger partial charge in [-0.2, -0.15) is 5.26 Å². The highest BCUT2D eigenvalue weighted by Crippen LogP contribution is 2.26. The van der Waals surface area contributed by atoms with E-state index in [4.69, 9.17) is 21.6 Å². The van der Waals surface area contributed by atoms with Gasteiger partial charge in [0, 0.05) is 0 Å². The molecule has 1 rings (SSSR count). The topological polar surface area (TPSA) is 67.2 Å². The lowest BCUT2D eigenvalue weighted by Crippen LogP contribution is -2.09. The van der Waals surface area contributed by atoms with Gasteiger partial charge in [0.2, 0.25) is 0 Å². The van der Waals surface area contributed by atoms with Crippen LogP contribution in [-0.4, -0.2) is 18.4 Å². The summed E-state index contributed by atoms with van der Waals surface area (Å²) in [5.74, 6) is -0.599. The molecule has 1 aromatic carbocycles. The lowest BCUT2D eigenvalue weighted by atomic mass is 9.99. The Balaban J connectivity index is 3.05. The van der Waals surface area contributed by atoms with E-state index < -0.39 is 5.38 Å². The summed E-state index contributed by atoms with van der Waals surface area (Å²) < 4.78 is 4.85. The van der Waals surface area contributed by atoms with Gasteiger partial charge >= 0.3 is 5.97 Å². The zero-order valence-corrected chi connectivity index (χ0v) is 11.5. The second-order valence-corrected chi connectivity index (χ2v) is 4.42. The Kier molecular flexibility index (Phi) is 5.53. The molecule has 0 fully saturated rings. The van der Waals surface area contributed by atoms with Crippen LogP contribution in [0, 0.1) is 11.3 Å². The monoisotopic (exact) mass is 279 g/mol. The van der Waals surface area contributed by atoms with Crippen molar-refractivity contribution in [2.45, 2.75) is 25.6 Å². The summed E-state index contributed by atoms with van der Waals surface area (Å²) in [6.45, 7) is 3.40. The number of ether oxygens (including phenoxy) is 1. The van der Waals surface area contributed by atoms with Gasteiger partial charge in [-0.05, 0) is 31.0 Å². The summed E-state index contributed by atoms with van der Waals surface area (Å²) in [7, 11) is 0. The van der Waals surface area contributed by atoms with Crippen molar-refractivity contribution in [1.29, 1.82) is 5.26 Å². The number of carbonyl (C=O) groups is 2. The maximum absolute atomic E-state index is 11.4. The number of nitriles is 1. The molecule has 100 valence electrons. The minimum atomic E-state index is -0.878. The molecule has 0 bridgehead atoms. The molecule has 1 aromatic rings. The molecule has 0 N–H and O–H groups in total. The minimum Gasteiger partial charge on any atom is -0.466 e. The highest BCUT2D eigenvalue weighted by atomic mass is 35.5. The van der Waals surface area contributed by atoms with Crippen LogP contribution < -0.4 is 0 Å². The Morgan fingerprint density at radius 1 is 1.47 bits per heavy atom. The number of alkyl halides is 1. The Morgan fingerprint density at radius 3 is 2.68 bits per heavy atom. The highest BCUT2D eigenvalue weighted by Gasteiger charge is 2.18. The van der Waals surface area contributed by atoms with Gasteiger partial charge in [0.25, 0.3) is 0 Å². The fraction of sp³-hybridized carbons (Fsp3) is 0.357. The Labute approximate surface area is 116 Å². The molecular weight excluding hydrogens is 266 g/mol. The maximum Gasteiger partial charge on any atom is 0.310 e. The minimum absolute atomic E-state index is 0.0913. The van der Waals surface area contributed by atoms with Crippen LogP contribution in [0.1, 0.15) is 35.9 Å². The zero-order valence-electron chi connectivity index (χ0n) is 10.8. The van der Waals surface area contributed by atoms with E-state index in [2.05, 4.69) is 0 Å². The van der Waals surface area contributed by atoms with Crippen molar-refractivity contribution in [2.75, 3.05) is 6.61 Å². The first-order chi connectivity index (χ1) is 8.99. The van der Waals surface area contributed by atoms with Gasteiger partial charge < -0.3 is 4.74 Å². The molecule has 19 heavy (non-hydrogen) atoms. The van der Waals surface area contributed by atoms with Gasteiger partial charge in [-0.3, -0.25) is 9.59 Å². The van der Waals surface area contributed by atoms with E-state index in [9.17, 15) is 9.59 Å². The largest absolute Gasteiger partial charge is 0.466 e. The van der Waals surface area contributed by atoms with Crippen molar-refractivity contribution in [2.24, 2.45) is 0 Å². The van der Waals surface area contributed by atoms with E-state index in [0.717, 1.165) is 0 Å². The van der Waals surface area contributed by atoms with Crippen LogP contribution in [0.25, 0.3) is 0 Å². The summed E-state index contributed by atoms with van der Waals surface area (Å²) in [4.78, 5) is 22.7. The number of carbonyl (C=O) groups excluding carboxylic acids is 2. The van der Waals surface area contributed by atoms with Crippen molar-refractivity contribution in [3.63, 3.8) is 0 Å². The highest BCUT2D eigenvalue weighted by molar-refractivity contribution is 6.31. The molecule has 0 heterocycles. The molecule has 0 radical (unpaired) electrons. The predicted octanol–water partition coefficient (Wildman–Crippen LogP) is 2.53. The van der Waals surface area contributed by atoms with Gasteiger partial charge in [0.05, 0.1) is 24.7 Å². The van der Waals surface area contributed by atoms with E-state index in [-0.39, 0.29) is 18.2 Å². The number of hydrogen-bond acceptors (Lipinski definition) is 4. The molecule has 0 saturated carbocycles. The van der Waals surface area contributed by atoms with Crippen LogP contribution >= 0.6 is 11.6 Å². The molecule has 0 amide bonds. The van der Waals surface area contributed by atoms with E-state index in [1.165, 1.54) is 6.92 Å². The maximum atomic E-state index is 11.4. The van der Waals surface area contributed by atoms with Crippen LogP contribution in [0.15, 0.2) is 18.2 Å². The fourth-order valence-corrected chi connectivity index (χ4v) is 1.81. The molecule has 4 nitrogen and oxygen atoms in total. The van der Waals surface area contributed by atoms with E-state index in [1.54, 1.807) is 25.1 Å². The van der Waals surface area contributed by atoms with Gasteiger partial charge in [0.1, 0.15) is 5.38 Å². The fourth-order valence-electron chi connectivity index (χ4n) is 1.63. The van der Waals surface area contributed by atoms with Crippen LogP contribution in [0.5, 0.6) is 0 Å². The molecule has 5 heteroatoms. The van der Waals surface area contributed by atoms with E-state index in [1.807, 2.05) is 6.07 Å². The van der Waals surface area contributed by atoms with Crippen molar-refractivity contribution in [3.05, 3.63) is 34.9 Å². The molecule has 0 saturated heterocycles. The molecule has 1 atom stereocenters. The normalized spacial score (nSPS) is 11.5. The molecule has 0 aliphatic heterocycles. The lowest BCUT2D eigenvalue weighted by Gasteiger charge is -2.10. The first-order valence-electron chi connectivity index (χ1n) is 5.82. The van der Waals surface area contributed by atoms with Gasteiger partial charge in [-0.15, -0.1) is 11.6 Å². The zero-order chi connectivity index (χ0) is 14.4. The van der Waals surface area contributed by atoms with Crippen LogP contribution in [0.4, 0.5) is 0 Å².